The van der Waals surface area contributed by atoms with Crippen LogP contribution in [-0.2, 0) is 15.7 Å². The monoisotopic (exact) mass is 317 g/mol. The minimum Gasteiger partial charge on any atom is -0.461 e. The lowest BCUT2D eigenvalue weighted by atomic mass is 9.98. The molecule has 7 heteroatoms. The summed E-state index contributed by atoms with van der Waals surface area (Å²) in [5, 5.41) is 2.61. The predicted molar refractivity (Wildman–Crippen MR) is 72.3 cm³/mol. The second-order valence-corrected chi connectivity index (χ2v) is 4.83. The fraction of sp³-hybridized carbons (Fsp3) is 0.214. The lowest BCUT2D eigenvalue weighted by Crippen LogP contribution is -2.18. The number of halogens is 4. The van der Waals surface area contributed by atoms with Crippen molar-refractivity contribution in [1.29, 1.82) is 0 Å². The molecular weight excluding hydrogens is 307 g/mol. The number of alkyl halides is 3. The molecule has 2 rings (SSSR count). The molecule has 0 fully saturated rings. The lowest BCUT2D eigenvalue weighted by Gasteiger charge is -2.09. The Morgan fingerprint density at radius 2 is 2.10 bits per heavy atom. The van der Waals surface area contributed by atoms with Gasteiger partial charge < -0.3 is 10.1 Å². The van der Waals surface area contributed by atoms with Crippen molar-refractivity contribution in [3.63, 3.8) is 0 Å². The van der Waals surface area contributed by atoms with E-state index in [0.29, 0.717) is 0 Å². The van der Waals surface area contributed by atoms with E-state index in [-0.39, 0.29) is 22.1 Å². The summed E-state index contributed by atoms with van der Waals surface area (Å²) >= 11 is 5.68. The van der Waals surface area contributed by atoms with Gasteiger partial charge in [-0.1, -0.05) is 30.3 Å². The highest BCUT2D eigenvalue weighted by atomic mass is 35.5. The molecule has 21 heavy (non-hydrogen) atoms. The van der Waals surface area contributed by atoms with E-state index >= 15 is 0 Å². The lowest BCUT2D eigenvalue weighted by molar-refractivity contribution is -0.137. The molecule has 0 saturated carbocycles. The molecule has 0 spiro atoms. The van der Waals surface area contributed by atoms with Crippen molar-refractivity contribution in [3.05, 3.63) is 52.9 Å². The second kappa shape index (κ2) is 5.44. The van der Waals surface area contributed by atoms with E-state index in [1.54, 1.807) is 0 Å². The molecule has 0 amide bonds. The van der Waals surface area contributed by atoms with Gasteiger partial charge in [-0.05, 0) is 17.7 Å². The van der Waals surface area contributed by atoms with Crippen LogP contribution in [0, 0.1) is 0 Å². The van der Waals surface area contributed by atoms with Crippen molar-refractivity contribution in [2.75, 3.05) is 7.05 Å². The van der Waals surface area contributed by atoms with Gasteiger partial charge in [0.1, 0.15) is 0 Å². The minimum absolute atomic E-state index is 0.0235. The van der Waals surface area contributed by atoms with Gasteiger partial charge in [-0.25, -0.2) is 0 Å². The van der Waals surface area contributed by atoms with Crippen LogP contribution in [0.4, 0.5) is 13.2 Å². The number of carbonyl (C=O) groups is 1. The Bertz CT molecular complexity index is 637. The molecule has 0 saturated heterocycles. The van der Waals surface area contributed by atoms with Crippen LogP contribution in [0.1, 0.15) is 11.1 Å². The molecule has 0 bridgehead atoms. The largest absolute Gasteiger partial charge is 0.461 e. The summed E-state index contributed by atoms with van der Waals surface area (Å²) in [6, 6.07) is 4.46. The molecule has 3 nitrogen and oxygen atoms in total. The maximum Gasteiger partial charge on any atom is 0.416 e. The van der Waals surface area contributed by atoms with Crippen molar-refractivity contribution in [2.24, 2.45) is 0 Å². The number of hydrogen-bond acceptors (Lipinski definition) is 3. The smallest absolute Gasteiger partial charge is 0.416 e. The van der Waals surface area contributed by atoms with Crippen molar-refractivity contribution in [1.82, 2.24) is 5.32 Å². The number of rotatable bonds is 3. The molecule has 0 aromatic heterocycles. The third-order valence-corrected chi connectivity index (χ3v) is 3.14. The summed E-state index contributed by atoms with van der Waals surface area (Å²) in [6.45, 7) is 3.43. The highest BCUT2D eigenvalue weighted by Crippen LogP contribution is 2.35. The Balaban J connectivity index is 2.49. The molecule has 1 N–H and O–H groups in total. The molecular formula is C14H11ClF3NO2. The van der Waals surface area contributed by atoms with Crippen LogP contribution in [0.5, 0.6) is 0 Å². The average molecular weight is 318 g/mol. The maximum atomic E-state index is 12.8. The summed E-state index contributed by atoms with van der Waals surface area (Å²) < 4.78 is 43.5. The molecule has 1 aromatic carbocycles. The zero-order valence-electron chi connectivity index (χ0n) is 10.9. The average Bonchev–Trinajstić information content (AvgIpc) is 2.75. The van der Waals surface area contributed by atoms with Gasteiger partial charge in [0.05, 0.1) is 16.2 Å². The van der Waals surface area contributed by atoms with Gasteiger partial charge >= 0.3 is 6.18 Å². The first-order valence-corrected chi connectivity index (χ1v) is 6.28. The van der Waals surface area contributed by atoms with E-state index in [0.717, 1.165) is 12.1 Å². The van der Waals surface area contributed by atoms with Crippen LogP contribution >= 0.6 is 11.6 Å². The molecule has 1 atom stereocenters. The third kappa shape index (κ3) is 2.90. The fourth-order valence-electron chi connectivity index (χ4n) is 1.99. The number of hydrogen-bond donors (Lipinski definition) is 1. The first kappa shape index (κ1) is 15.4. The molecule has 112 valence electrons. The summed E-state index contributed by atoms with van der Waals surface area (Å²) in [6.07, 6.45) is -5.59. The topological polar surface area (TPSA) is 38.3 Å². The predicted octanol–water partition coefficient (Wildman–Crippen LogP) is 3.31. The Labute approximate surface area is 124 Å². The number of ether oxygens (including phenoxy) is 1. The van der Waals surface area contributed by atoms with Crippen LogP contribution in [0.2, 0.25) is 0 Å². The Morgan fingerprint density at radius 3 is 2.62 bits per heavy atom. The van der Waals surface area contributed by atoms with Crippen LogP contribution < -0.4 is 5.32 Å². The summed E-state index contributed by atoms with van der Waals surface area (Å²) in [4.78, 5) is 12.2. The Kier molecular flexibility index (Phi) is 4.00. The van der Waals surface area contributed by atoms with Gasteiger partial charge in [-0.15, -0.1) is 0 Å². The first-order chi connectivity index (χ1) is 9.75. The van der Waals surface area contributed by atoms with Gasteiger partial charge in [0.2, 0.25) is 5.78 Å². The molecule has 0 radical (unpaired) electrons. The first-order valence-electron chi connectivity index (χ1n) is 5.90. The number of ketones is 1. The van der Waals surface area contributed by atoms with Gasteiger partial charge in [-0.3, -0.25) is 4.79 Å². The number of benzene rings is 1. The van der Waals surface area contributed by atoms with Crippen LogP contribution in [-0.4, -0.2) is 18.9 Å². The number of Topliss-reactive ketones (excluding diaryl/α,β-unsaturated/α-hetero) is 1. The van der Waals surface area contributed by atoms with Gasteiger partial charge in [-0.2, -0.15) is 13.2 Å². The molecule has 1 aliphatic rings. The van der Waals surface area contributed by atoms with E-state index in [4.69, 9.17) is 16.3 Å². The van der Waals surface area contributed by atoms with Gasteiger partial charge in [0.15, 0.2) is 12.0 Å². The highest BCUT2D eigenvalue weighted by Gasteiger charge is 2.38. The number of carbonyl (C=O) groups excluding carboxylic acids is 1. The molecule has 1 aliphatic heterocycles. The normalized spacial score (nSPS) is 18.7. The number of nitrogens with one attached hydrogen (secondary N) is 1. The minimum atomic E-state index is -4.49. The van der Waals surface area contributed by atoms with E-state index in [2.05, 4.69) is 11.9 Å². The van der Waals surface area contributed by atoms with Crippen LogP contribution in [0.25, 0.3) is 5.57 Å². The standard InChI is InChI=1S/C14H11ClF3NO2/c1-7(15)12-11(20)10(13(19-2)21-12)8-4-3-5-9(6-8)14(16,17)18/h3-6,12,19H,1H2,2H3. The van der Waals surface area contributed by atoms with Gasteiger partial charge in [0, 0.05) is 7.05 Å². The second-order valence-electron chi connectivity index (χ2n) is 4.34. The van der Waals surface area contributed by atoms with E-state index < -0.39 is 23.6 Å². The third-order valence-electron chi connectivity index (χ3n) is 2.94. The summed E-state index contributed by atoms with van der Waals surface area (Å²) in [7, 11) is 1.50. The fourth-order valence-corrected chi connectivity index (χ4v) is 2.13. The zero-order chi connectivity index (χ0) is 15.8. The SMILES string of the molecule is C=C(Cl)C1OC(NC)=C(c2cccc(C(F)(F)F)c2)C1=O. The van der Waals surface area contributed by atoms with Crippen molar-refractivity contribution in [2.45, 2.75) is 12.3 Å². The summed E-state index contributed by atoms with van der Waals surface area (Å²) in [5.74, 6) is -0.454. The maximum absolute atomic E-state index is 12.8. The highest BCUT2D eigenvalue weighted by molar-refractivity contribution is 6.36. The Morgan fingerprint density at radius 1 is 1.43 bits per heavy atom. The molecule has 1 heterocycles. The Hall–Kier alpha value is -1.95. The van der Waals surface area contributed by atoms with E-state index in [1.165, 1.54) is 19.2 Å². The van der Waals surface area contributed by atoms with Crippen molar-refractivity contribution in [3.8, 4) is 0 Å². The quantitative estimate of drug-likeness (QED) is 0.929. The van der Waals surface area contributed by atoms with Crippen LogP contribution in [0.15, 0.2) is 41.8 Å². The molecule has 0 aliphatic carbocycles. The zero-order valence-corrected chi connectivity index (χ0v) is 11.7. The van der Waals surface area contributed by atoms with E-state index in [9.17, 15) is 18.0 Å². The van der Waals surface area contributed by atoms with Crippen LogP contribution in [0.3, 0.4) is 0 Å². The van der Waals surface area contributed by atoms with Gasteiger partial charge in [0.25, 0.3) is 0 Å². The van der Waals surface area contributed by atoms with E-state index in [1.807, 2.05) is 0 Å². The van der Waals surface area contributed by atoms with Crippen molar-refractivity contribution < 1.29 is 22.7 Å². The van der Waals surface area contributed by atoms with Crippen molar-refractivity contribution >= 4 is 23.0 Å². The summed E-state index contributed by atoms with van der Waals surface area (Å²) in [5.41, 5.74) is -0.709. The molecule has 1 aromatic rings. The molecule has 1 unspecified atom stereocenters.